The van der Waals surface area contributed by atoms with Gasteiger partial charge in [0.05, 0.1) is 23.1 Å². The molecule has 3 heterocycles. The van der Waals surface area contributed by atoms with Gasteiger partial charge in [0.1, 0.15) is 0 Å². The standard InChI is InChI=1S/C23H21F3N2O2.C2HF3O2/c24-23(25,26)16-7-4-8-17(11-16)28-21(29)19-15-9-10-18(20(19)22(28)30)27(13-15)12-14-5-2-1-3-6-14;3-2(4,5)1(6)7/h1-8,11,15,18-20H,9-10,12-13H2;(H,6,7)/t15-,18-,19-,20+;/m0./s1. The van der Waals surface area contributed by atoms with E-state index < -0.39 is 35.7 Å². The number of carboxylic acid groups (broad SMARTS) is 1. The molecule has 4 aliphatic rings. The highest BCUT2D eigenvalue weighted by Crippen LogP contribution is 2.50. The Hall–Kier alpha value is -3.41. The Morgan fingerprint density at radius 1 is 0.892 bits per heavy atom. The van der Waals surface area contributed by atoms with Crippen molar-refractivity contribution in [2.75, 3.05) is 11.4 Å². The van der Waals surface area contributed by atoms with Crippen LogP contribution in [0.15, 0.2) is 54.6 Å². The molecule has 2 bridgehead atoms. The third kappa shape index (κ3) is 5.34. The van der Waals surface area contributed by atoms with Gasteiger partial charge in [0.15, 0.2) is 0 Å². The van der Waals surface area contributed by atoms with Crippen LogP contribution in [-0.2, 0) is 27.1 Å². The summed E-state index contributed by atoms with van der Waals surface area (Å²) in [7, 11) is 0. The molecule has 0 radical (unpaired) electrons. The van der Waals surface area contributed by atoms with Crippen molar-refractivity contribution in [1.82, 2.24) is 4.90 Å². The first-order valence-corrected chi connectivity index (χ1v) is 11.4. The summed E-state index contributed by atoms with van der Waals surface area (Å²) in [5.41, 5.74) is 0.306. The molecule has 198 valence electrons. The average Bonchev–Trinajstić information content (AvgIpc) is 3.11. The molecule has 37 heavy (non-hydrogen) atoms. The van der Waals surface area contributed by atoms with Crippen molar-refractivity contribution in [3.8, 4) is 0 Å². The van der Waals surface area contributed by atoms with Crippen LogP contribution in [0.1, 0.15) is 24.0 Å². The molecule has 12 heteroatoms. The van der Waals surface area contributed by atoms with Crippen molar-refractivity contribution < 1.29 is 45.8 Å². The molecule has 0 aromatic heterocycles. The minimum atomic E-state index is -5.08. The van der Waals surface area contributed by atoms with E-state index in [9.17, 15) is 35.9 Å². The number of rotatable bonds is 3. The molecule has 0 unspecified atom stereocenters. The molecule has 2 aromatic carbocycles. The lowest BCUT2D eigenvalue weighted by atomic mass is 9.66. The molecule has 0 spiro atoms. The number of fused-ring (bicyclic) bond motifs is 2. The number of imide groups is 1. The lowest BCUT2D eigenvalue weighted by Gasteiger charge is -2.50. The van der Waals surface area contributed by atoms with Crippen LogP contribution in [0.5, 0.6) is 0 Å². The van der Waals surface area contributed by atoms with Crippen molar-refractivity contribution in [2.45, 2.75) is 37.8 Å². The maximum atomic E-state index is 13.3. The van der Waals surface area contributed by atoms with E-state index in [0.717, 1.165) is 42.0 Å². The summed E-state index contributed by atoms with van der Waals surface area (Å²) in [6, 6.07) is 14.4. The summed E-state index contributed by atoms with van der Waals surface area (Å²) < 4.78 is 71.2. The van der Waals surface area contributed by atoms with Crippen LogP contribution in [0.2, 0.25) is 0 Å². The second kappa shape index (κ2) is 9.81. The van der Waals surface area contributed by atoms with E-state index >= 15 is 0 Å². The first-order chi connectivity index (χ1) is 17.3. The van der Waals surface area contributed by atoms with Gasteiger partial charge >= 0.3 is 18.3 Å². The van der Waals surface area contributed by atoms with Crippen molar-refractivity contribution in [3.05, 3.63) is 65.7 Å². The molecule has 2 aromatic rings. The normalized spacial score (nSPS) is 25.5. The molecule has 2 amide bonds. The number of anilines is 1. The number of aliphatic carboxylic acids is 1. The molecule has 4 fully saturated rings. The fourth-order valence-electron chi connectivity index (χ4n) is 5.48. The van der Waals surface area contributed by atoms with Gasteiger partial charge < -0.3 is 5.11 Å². The maximum absolute atomic E-state index is 13.3. The van der Waals surface area contributed by atoms with Gasteiger partial charge in [-0.15, -0.1) is 0 Å². The van der Waals surface area contributed by atoms with Crippen molar-refractivity contribution in [3.63, 3.8) is 0 Å². The fourth-order valence-corrected chi connectivity index (χ4v) is 5.48. The average molecular weight is 528 g/mol. The Morgan fingerprint density at radius 3 is 2.11 bits per heavy atom. The van der Waals surface area contributed by atoms with Crippen LogP contribution in [0, 0.1) is 17.8 Å². The van der Waals surface area contributed by atoms with Gasteiger partial charge in [-0.3, -0.25) is 14.5 Å². The Morgan fingerprint density at radius 2 is 1.51 bits per heavy atom. The SMILES string of the molecule is O=C(O)C(F)(F)F.O=C1[C@H]2[C@H]3CC[C@@H]([C@H]2C(=O)N1c1cccc(C(F)(F)F)c1)N(Cc1ccccc1)C3. The number of piperidine rings is 2. The second-order valence-electron chi connectivity index (χ2n) is 9.23. The van der Waals surface area contributed by atoms with Gasteiger partial charge in [-0.1, -0.05) is 36.4 Å². The van der Waals surface area contributed by atoms with Gasteiger partial charge in [-0.25, -0.2) is 9.69 Å². The zero-order valence-corrected chi connectivity index (χ0v) is 19.2. The predicted molar refractivity (Wildman–Crippen MR) is 118 cm³/mol. The highest BCUT2D eigenvalue weighted by atomic mass is 19.4. The molecular formula is C25H22F6N2O4. The number of carbonyl (C=O) groups is 3. The smallest absolute Gasteiger partial charge is 0.475 e. The van der Waals surface area contributed by atoms with Crippen LogP contribution < -0.4 is 4.90 Å². The van der Waals surface area contributed by atoms with Gasteiger partial charge in [0, 0.05) is 19.1 Å². The maximum Gasteiger partial charge on any atom is 0.490 e. The zero-order valence-electron chi connectivity index (χ0n) is 19.2. The number of alkyl halides is 6. The lowest BCUT2D eigenvalue weighted by Crippen LogP contribution is -2.58. The molecule has 3 aliphatic heterocycles. The quantitative estimate of drug-likeness (QED) is 0.460. The fraction of sp³-hybridized carbons (Fsp3) is 0.400. The number of hydrogen-bond donors (Lipinski definition) is 1. The molecule has 4 atom stereocenters. The molecule has 6 rings (SSSR count). The van der Waals surface area contributed by atoms with Crippen LogP contribution in [-0.4, -0.2) is 46.6 Å². The van der Waals surface area contributed by atoms with Gasteiger partial charge in [-0.2, -0.15) is 26.3 Å². The van der Waals surface area contributed by atoms with Crippen molar-refractivity contribution in [1.29, 1.82) is 0 Å². The van der Waals surface area contributed by atoms with Gasteiger partial charge in [0.25, 0.3) is 0 Å². The van der Waals surface area contributed by atoms with Gasteiger partial charge in [0.2, 0.25) is 11.8 Å². The third-order valence-corrected chi connectivity index (χ3v) is 6.99. The van der Waals surface area contributed by atoms with Crippen molar-refractivity contribution in [2.24, 2.45) is 17.8 Å². The number of hydrogen-bond acceptors (Lipinski definition) is 4. The van der Waals surface area contributed by atoms with Crippen LogP contribution in [0.4, 0.5) is 32.0 Å². The highest BCUT2D eigenvalue weighted by molar-refractivity contribution is 6.22. The molecule has 1 aliphatic carbocycles. The Bertz CT molecular complexity index is 1180. The molecular weight excluding hydrogens is 506 g/mol. The number of halogens is 6. The summed E-state index contributed by atoms with van der Waals surface area (Å²) in [4.78, 5) is 38.6. The summed E-state index contributed by atoms with van der Waals surface area (Å²) in [5, 5.41) is 7.12. The summed E-state index contributed by atoms with van der Waals surface area (Å²) in [6.45, 7) is 1.44. The number of carboxylic acids is 1. The summed E-state index contributed by atoms with van der Waals surface area (Å²) >= 11 is 0. The topological polar surface area (TPSA) is 77.9 Å². The minimum absolute atomic E-state index is 0.0169. The summed E-state index contributed by atoms with van der Waals surface area (Å²) in [6.07, 6.45) is -7.92. The van der Waals surface area contributed by atoms with Crippen LogP contribution >= 0.6 is 0 Å². The minimum Gasteiger partial charge on any atom is -0.475 e. The Kier molecular flexibility index (Phi) is 7.06. The molecule has 6 nitrogen and oxygen atoms in total. The largest absolute Gasteiger partial charge is 0.490 e. The number of amides is 2. The monoisotopic (exact) mass is 528 g/mol. The van der Waals surface area contributed by atoms with E-state index in [-0.39, 0.29) is 29.5 Å². The van der Waals surface area contributed by atoms with Crippen LogP contribution in [0.25, 0.3) is 0 Å². The summed E-state index contributed by atoms with van der Waals surface area (Å²) in [5.74, 6) is -4.33. The van der Waals surface area contributed by atoms with E-state index in [1.54, 1.807) is 0 Å². The first-order valence-electron chi connectivity index (χ1n) is 11.4. The Labute approximate surface area is 207 Å². The number of nitrogens with zero attached hydrogens (tertiary/aromatic N) is 2. The molecule has 3 saturated heterocycles. The predicted octanol–water partition coefficient (Wildman–Crippen LogP) is 4.74. The first kappa shape index (κ1) is 26.6. The van der Waals surface area contributed by atoms with Crippen LogP contribution in [0.3, 0.4) is 0 Å². The van der Waals surface area contributed by atoms with Gasteiger partial charge in [-0.05, 0) is 42.5 Å². The lowest BCUT2D eigenvalue weighted by molar-refractivity contribution is -0.192. The number of carbonyl (C=O) groups excluding carboxylic acids is 2. The van der Waals surface area contributed by atoms with E-state index in [0.29, 0.717) is 6.54 Å². The van der Waals surface area contributed by atoms with E-state index in [2.05, 4.69) is 4.90 Å². The van der Waals surface area contributed by atoms with E-state index in [4.69, 9.17) is 9.90 Å². The Balaban J connectivity index is 0.000000405. The molecule has 1 saturated carbocycles. The number of benzene rings is 2. The third-order valence-electron chi connectivity index (χ3n) is 6.99. The molecule has 1 N–H and O–H groups in total. The van der Waals surface area contributed by atoms with E-state index in [1.807, 2.05) is 30.3 Å². The highest BCUT2D eigenvalue weighted by Gasteiger charge is 2.60. The van der Waals surface area contributed by atoms with E-state index in [1.165, 1.54) is 12.1 Å². The van der Waals surface area contributed by atoms with Crippen molar-refractivity contribution >= 4 is 23.5 Å². The second-order valence-corrected chi connectivity index (χ2v) is 9.23. The zero-order chi connectivity index (χ0) is 27.1.